The molecule has 2 heterocycles. The molecule has 1 N–H and O–H groups in total. The summed E-state index contributed by atoms with van der Waals surface area (Å²) in [6.07, 6.45) is 3.86. The standard InChI is InChI=1S/C12H18BrN3O2/c1-7-4-9(5-8(2)17-7)18-12-10(13)11(14-3)15-6-16-12/h6-9H,4-5H2,1-3H3,(H,14,15,16). The summed E-state index contributed by atoms with van der Waals surface area (Å²) in [5.74, 6) is 1.31. The second-order valence-electron chi connectivity index (χ2n) is 4.56. The van der Waals surface area contributed by atoms with E-state index in [4.69, 9.17) is 9.47 Å². The van der Waals surface area contributed by atoms with Crippen molar-refractivity contribution in [3.63, 3.8) is 0 Å². The van der Waals surface area contributed by atoms with Gasteiger partial charge in [0.25, 0.3) is 0 Å². The third-order valence-corrected chi connectivity index (χ3v) is 3.64. The van der Waals surface area contributed by atoms with Crippen molar-refractivity contribution in [2.75, 3.05) is 12.4 Å². The van der Waals surface area contributed by atoms with Crippen molar-refractivity contribution in [2.45, 2.75) is 45.0 Å². The molecule has 0 bridgehead atoms. The molecular weight excluding hydrogens is 298 g/mol. The van der Waals surface area contributed by atoms with Gasteiger partial charge >= 0.3 is 0 Å². The first-order chi connectivity index (χ1) is 8.60. The molecule has 6 heteroatoms. The number of ether oxygens (including phenoxy) is 2. The number of halogens is 1. The number of nitrogens with one attached hydrogen (secondary N) is 1. The minimum atomic E-state index is 0.139. The first-order valence-electron chi connectivity index (χ1n) is 6.10. The van der Waals surface area contributed by atoms with Crippen LogP contribution in [0.3, 0.4) is 0 Å². The summed E-state index contributed by atoms with van der Waals surface area (Å²) in [4.78, 5) is 8.28. The van der Waals surface area contributed by atoms with Gasteiger partial charge in [0.15, 0.2) is 0 Å². The van der Waals surface area contributed by atoms with E-state index in [9.17, 15) is 0 Å². The molecule has 2 rings (SSSR count). The Morgan fingerprint density at radius 3 is 2.61 bits per heavy atom. The van der Waals surface area contributed by atoms with Crippen LogP contribution >= 0.6 is 15.9 Å². The second kappa shape index (κ2) is 5.84. The van der Waals surface area contributed by atoms with Gasteiger partial charge in [-0.2, -0.15) is 0 Å². The van der Waals surface area contributed by atoms with Crippen molar-refractivity contribution in [1.29, 1.82) is 0 Å². The molecule has 5 nitrogen and oxygen atoms in total. The monoisotopic (exact) mass is 315 g/mol. The molecule has 0 aliphatic carbocycles. The molecule has 0 aromatic carbocycles. The predicted octanol–water partition coefficient (Wildman–Crippen LogP) is 2.62. The number of hydrogen-bond donors (Lipinski definition) is 1. The number of anilines is 1. The Morgan fingerprint density at radius 1 is 1.33 bits per heavy atom. The van der Waals surface area contributed by atoms with Crippen LogP contribution in [0.15, 0.2) is 10.8 Å². The Labute approximate surface area is 115 Å². The molecule has 0 radical (unpaired) electrons. The summed E-state index contributed by atoms with van der Waals surface area (Å²) >= 11 is 3.45. The van der Waals surface area contributed by atoms with Gasteiger partial charge in [-0.3, -0.25) is 0 Å². The number of rotatable bonds is 3. The SMILES string of the molecule is CNc1ncnc(OC2CC(C)OC(C)C2)c1Br. The third-order valence-electron chi connectivity index (χ3n) is 2.93. The van der Waals surface area contributed by atoms with E-state index < -0.39 is 0 Å². The van der Waals surface area contributed by atoms with Crippen LogP contribution in [0, 0.1) is 0 Å². The van der Waals surface area contributed by atoms with E-state index in [1.807, 2.05) is 7.05 Å². The zero-order chi connectivity index (χ0) is 13.1. The highest BCUT2D eigenvalue weighted by Crippen LogP contribution is 2.31. The number of nitrogens with zero attached hydrogens (tertiary/aromatic N) is 2. The summed E-state index contributed by atoms with van der Waals surface area (Å²) in [5, 5.41) is 2.99. The number of aromatic nitrogens is 2. The van der Waals surface area contributed by atoms with Gasteiger partial charge in [-0.05, 0) is 29.8 Å². The third kappa shape index (κ3) is 3.11. The maximum absolute atomic E-state index is 5.95. The van der Waals surface area contributed by atoms with Crippen molar-refractivity contribution < 1.29 is 9.47 Å². The maximum Gasteiger partial charge on any atom is 0.233 e. The van der Waals surface area contributed by atoms with E-state index in [2.05, 4.69) is 45.1 Å². The van der Waals surface area contributed by atoms with Crippen LogP contribution in [0.5, 0.6) is 5.88 Å². The number of hydrogen-bond acceptors (Lipinski definition) is 5. The Balaban J connectivity index is 2.09. The normalized spacial score (nSPS) is 27.9. The van der Waals surface area contributed by atoms with Gasteiger partial charge in [0, 0.05) is 19.9 Å². The lowest BCUT2D eigenvalue weighted by Crippen LogP contribution is -2.36. The van der Waals surface area contributed by atoms with Crippen LogP contribution in [0.25, 0.3) is 0 Å². The lowest BCUT2D eigenvalue weighted by Gasteiger charge is -2.32. The highest BCUT2D eigenvalue weighted by atomic mass is 79.9. The largest absolute Gasteiger partial charge is 0.473 e. The Kier molecular flexibility index (Phi) is 4.40. The summed E-state index contributed by atoms with van der Waals surface area (Å²) in [6, 6.07) is 0. The van der Waals surface area contributed by atoms with Crippen LogP contribution in [0.4, 0.5) is 5.82 Å². The van der Waals surface area contributed by atoms with Crippen LogP contribution in [-0.4, -0.2) is 35.3 Å². The summed E-state index contributed by atoms with van der Waals surface area (Å²) < 4.78 is 12.4. The first-order valence-corrected chi connectivity index (χ1v) is 6.89. The fourth-order valence-corrected chi connectivity index (χ4v) is 2.71. The Hall–Kier alpha value is -0.880. The van der Waals surface area contributed by atoms with Crippen molar-refractivity contribution >= 4 is 21.7 Å². The molecule has 0 spiro atoms. The van der Waals surface area contributed by atoms with Crippen LogP contribution in [-0.2, 0) is 4.74 Å². The lowest BCUT2D eigenvalue weighted by atomic mass is 10.0. The molecule has 18 heavy (non-hydrogen) atoms. The average Bonchev–Trinajstić information content (AvgIpc) is 2.30. The molecule has 0 saturated carbocycles. The molecule has 100 valence electrons. The van der Waals surface area contributed by atoms with Crippen molar-refractivity contribution in [3.8, 4) is 5.88 Å². The summed E-state index contributed by atoms with van der Waals surface area (Å²) in [7, 11) is 1.81. The van der Waals surface area contributed by atoms with E-state index >= 15 is 0 Å². The second-order valence-corrected chi connectivity index (χ2v) is 5.35. The Bertz CT molecular complexity index is 406. The van der Waals surface area contributed by atoms with Crippen molar-refractivity contribution in [2.24, 2.45) is 0 Å². The molecule has 1 saturated heterocycles. The molecule has 1 fully saturated rings. The minimum Gasteiger partial charge on any atom is -0.473 e. The van der Waals surface area contributed by atoms with Crippen molar-refractivity contribution in [1.82, 2.24) is 9.97 Å². The van der Waals surface area contributed by atoms with E-state index in [0.29, 0.717) is 5.88 Å². The lowest BCUT2D eigenvalue weighted by molar-refractivity contribution is -0.0731. The molecule has 1 aliphatic rings. The van der Waals surface area contributed by atoms with E-state index in [1.165, 1.54) is 6.33 Å². The van der Waals surface area contributed by atoms with Crippen molar-refractivity contribution in [3.05, 3.63) is 10.8 Å². The van der Waals surface area contributed by atoms with Gasteiger partial charge < -0.3 is 14.8 Å². The zero-order valence-corrected chi connectivity index (χ0v) is 12.4. The van der Waals surface area contributed by atoms with Gasteiger partial charge in [-0.25, -0.2) is 9.97 Å². The van der Waals surface area contributed by atoms with Gasteiger partial charge in [-0.15, -0.1) is 0 Å². The van der Waals surface area contributed by atoms with E-state index in [1.54, 1.807) is 0 Å². The maximum atomic E-state index is 5.95. The van der Waals surface area contributed by atoms with Crippen LogP contribution in [0.1, 0.15) is 26.7 Å². The highest BCUT2D eigenvalue weighted by molar-refractivity contribution is 9.10. The quantitative estimate of drug-likeness (QED) is 0.929. The topological polar surface area (TPSA) is 56.3 Å². The smallest absolute Gasteiger partial charge is 0.233 e. The fraction of sp³-hybridized carbons (Fsp3) is 0.667. The highest BCUT2D eigenvalue weighted by Gasteiger charge is 2.27. The van der Waals surface area contributed by atoms with Gasteiger partial charge in [0.1, 0.15) is 22.7 Å². The van der Waals surface area contributed by atoms with Gasteiger partial charge in [-0.1, -0.05) is 0 Å². The zero-order valence-electron chi connectivity index (χ0n) is 10.8. The Morgan fingerprint density at radius 2 is 2.00 bits per heavy atom. The molecule has 2 unspecified atom stereocenters. The molecule has 0 amide bonds. The first kappa shape index (κ1) is 13.5. The summed E-state index contributed by atoms with van der Waals surface area (Å²) in [6.45, 7) is 4.14. The van der Waals surface area contributed by atoms with Gasteiger partial charge in [0.05, 0.1) is 12.2 Å². The predicted molar refractivity (Wildman–Crippen MR) is 72.9 cm³/mol. The average molecular weight is 316 g/mol. The summed E-state index contributed by atoms with van der Waals surface area (Å²) in [5.41, 5.74) is 0. The molecular formula is C12H18BrN3O2. The van der Waals surface area contributed by atoms with Gasteiger partial charge in [0.2, 0.25) is 5.88 Å². The molecule has 2 atom stereocenters. The molecule has 1 aromatic rings. The van der Waals surface area contributed by atoms with E-state index in [0.717, 1.165) is 23.1 Å². The molecule has 1 aliphatic heterocycles. The minimum absolute atomic E-state index is 0.139. The van der Waals surface area contributed by atoms with Crippen LogP contribution < -0.4 is 10.1 Å². The fourth-order valence-electron chi connectivity index (χ4n) is 2.21. The van der Waals surface area contributed by atoms with E-state index in [-0.39, 0.29) is 18.3 Å². The molecule has 1 aromatic heterocycles. The van der Waals surface area contributed by atoms with Crippen LogP contribution in [0.2, 0.25) is 0 Å².